The Balaban J connectivity index is 1.95. The highest BCUT2D eigenvalue weighted by Crippen LogP contribution is 2.47. The molecular weight excluding hydrogens is 254 g/mol. The van der Waals surface area contributed by atoms with Crippen LogP contribution in [0.2, 0.25) is 0 Å². The molecule has 4 rings (SSSR count). The van der Waals surface area contributed by atoms with Crippen molar-refractivity contribution in [2.24, 2.45) is 0 Å². The summed E-state index contributed by atoms with van der Waals surface area (Å²) in [5.41, 5.74) is 5.25. The maximum absolute atomic E-state index is 11.7. The standard InChI is InChI=1S/C16H13NOS/c18-14-8-7-12-15(13-6-3-9-19-13)10-4-1-2-5-11(10)16(12)17-14/h1-6,9,16H,7-8H2,(H,17,18). The number of amides is 1. The molecule has 1 saturated heterocycles. The average molecular weight is 267 g/mol. The second-order valence-corrected chi connectivity index (χ2v) is 5.91. The Morgan fingerprint density at radius 1 is 1.11 bits per heavy atom. The Morgan fingerprint density at radius 2 is 2.00 bits per heavy atom. The topological polar surface area (TPSA) is 29.1 Å². The van der Waals surface area contributed by atoms with Crippen molar-refractivity contribution in [2.75, 3.05) is 0 Å². The highest BCUT2D eigenvalue weighted by atomic mass is 32.1. The van der Waals surface area contributed by atoms with E-state index in [2.05, 4.69) is 47.1 Å². The van der Waals surface area contributed by atoms with E-state index in [9.17, 15) is 4.79 Å². The van der Waals surface area contributed by atoms with E-state index in [1.807, 2.05) is 0 Å². The second-order valence-electron chi connectivity index (χ2n) is 4.97. The first-order valence-electron chi connectivity index (χ1n) is 6.50. The molecule has 2 heterocycles. The van der Waals surface area contributed by atoms with Gasteiger partial charge in [0.25, 0.3) is 0 Å². The number of nitrogens with one attached hydrogen (secondary N) is 1. The van der Waals surface area contributed by atoms with Crippen LogP contribution in [-0.2, 0) is 4.79 Å². The fourth-order valence-electron chi connectivity index (χ4n) is 3.11. The molecule has 1 aromatic heterocycles. The smallest absolute Gasteiger partial charge is 0.221 e. The van der Waals surface area contributed by atoms with E-state index in [0.29, 0.717) is 6.42 Å². The van der Waals surface area contributed by atoms with Crippen LogP contribution in [0.1, 0.15) is 34.9 Å². The van der Waals surface area contributed by atoms with Gasteiger partial charge in [-0.15, -0.1) is 11.3 Å². The lowest BCUT2D eigenvalue weighted by Crippen LogP contribution is -2.32. The minimum atomic E-state index is 0.0922. The molecule has 1 aromatic carbocycles. The van der Waals surface area contributed by atoms with Crippen molar-refractivity contribution in [2.45, 2.75) is 18.9 Å². The number of piperidine rings is 1. The molecule has 1 unspecified atom stereocenters. The third-order valence-corrected chi connectivity index (χ3v) is 4.79. The van der Waals surface area contributed by atoms with Gasteiger partial charge in [-0.3, -0.25) is 4.79 Å². The number of carbonyl (C=O) groups excluding carboxylic acids is 1. The van der Waals surface area contributed by atoms with Gasteiger partial charge in [0, 0.05) is 16.9 Å². The SMILES string of the molecule is O=C1CCC2=C(c3cccs3)c3ccccc3C2N1. The summed E-state index contributed by atoms with van der Waals surface area (Å²) in [5, 5.41) is 5.25. The van der Waals surface area contributed by atoms with Crippen LogP contribution >= 0.6 is 11.3 Å². The number of carbonyl (C=O) groups is 1. The molecule has 0 spiro atoms. The number of fused-ring (bicyclic) bond motifs is 3. The van der Waals surface area contributed by atoms with Crippen molar-refractivity contribution in [1.82, 2.24) is 5.32 Å². The maximum Gasteiger partial charge on any atom is 0.221 e. The second kappa shape index (κ2) is 4.07. The molecule has 1 amide bonds. The van der Waals surface area contributed by atoms with Gasteiger partial charge in [0.15, 0.2) is 0 Å². The summed E-state index contributed by atoms with van der Waals surface area (Å²) in [4.78, 5) is 13.0. The van der Waals surface area contributed by atoms with Crippen LogP contribution in [0.3, 0.4) is 0 Å². The summed E-state index contributed by atoms with van der Waals surface area (Å²) >= 11 is 1.77. The third-order valence-electron chi connectivity index (χ3n) is 3.91. The zero-order chi connectivity index (χ0) is 12.8. The van der Waals surface area contributed by atoms with Gasteiger partial charge in [-0.1, -0.05) is 30.3 Å². The van der Waals surface area contributed by atoms with E-state index < -0.39 is 0 Å². The van der Waals surface area contributed by atoms with E-state index in [-0.39, 0.29) is 11.9 Å². The third kappa shape index (κ3) is 1.58. The molecule has 94 valence electrons. The van der Waals surface area contributed by atoms with E-state index >= 15 is 0 Å². The van der Waals surface area contributed by atoms with Gasteiger partial charge in [0.05, 0.1) is 6.04 Å². The maximum atomic E-state index is 11.7. The molecule has 1 N–H and O–H groups in total. The molecular formula is C16H13NOS. The first kappa shape index (κ1) is 11.0. The predicted molar refractivity (Wildman–Crippen MR) is 76.9 cm³/mol. The monoisotopic (exact) mass is 267 g/mol. The van der Waals surface area contributed by atoms with Crippen LogP contribution in [0.25, 0.3) is 5.57 Å². The molecule has 19 heavy (non-hydrogen) atoms. The minimum Gasteiger partial charge on any atom is -0.345 e. The van der Waals surface area contributed by atoms with Crippen molar-refractivity contribution in [3.8, 4) is 0 Å². The van der Waals surface area contributed by atoms with Crippen LogP contribution in [0.4, 0.5) is 0 Å². The highest BCUT2D eigenvalue weighted by molar-refractivity contribution is 7.11. The van der Waals surface area contributed by atoms with Crippen LogP contribution in [0.5, 0.6) is 0 Å². The Kier molecular flexibility index (Phi) is 2.35. The molecule has 0 bridgehead atoms. The average Bonchev–Trinajstić information content (AvgIpc) is 3.04. The van der Waals surface area contributed by atoms with E-state index in [0.717, 1.165) is 6.42 Å². The largest absolute Gasteiger partial charge is 0.345 e. The first-order valence-corrected chi connectivity index (χ1v) is 7.38. The summed E-state index contributed by atoms with van der Waals surface area (Å²) in [7, 11) is 0. The van der Waals surface area contributed by atoms with Crippen molar-refractivity contribution >= 4 is 22.8 Å². The quantitative estimate of drug-likeness (QED) is 0.841. The number of benzene rings is 1. The van der Waals surface area contributed by atoms with Crippen LogP contribution in [-0.4, -0.2) is 5.91 Å². The van der Waals surface area contributed by atoms with Crippen LogP contribution < -0.4 is 5.32 Å². The lowest BCUT2D eigenvalue weighted by atomic mass is 9.95. The Hall–Kier alpha value is -1.87. The van der Waals surface area contributed by atoms with Gasteiger partial charge < -0.3 is 5.32 Å². The zero-order valence-electron chi connectivity index (χ0n) is 10.3. The van der Waals surface area contributed by atoms with Gasteiger partial charge in [0.2, 0.25) is 5.91 Å². The molecule has 3 heteroatoms. The highest BCUT2D eigenvalue weighted by Gasteiger charge is 2.35. The van der Waals surface area contributed by atoms with Crippen molar-refractivity contribution in [1.29, 1.82) is 0 Å². The molecule has 0 radical (unpaired) electrons. The number of hydrogen-bond donors (Lipinski definition) is 1. The molecule has 1 aliphatic heterocycles. The van der Waals surface area contributed by atoms with Crippen LogP contribution in [0.15, 0.2) is 47.4 Å². The Morgan fingerprint density at radius 3 is 2.84 bits per heavy atom. The number of hydrogen-bond acceptors (Lipinski definition) is 2. The van der Waals surface area contributed by atoms with Crippen LogP contribution in [0, 0.1) is 0 Å². The van der Waals surface area contributed by atoms with Crippen molar-refractivity contribution in [3.63, 3.8) is 0 Å². The van der Waals surface area contributed by atoms with Gasteiger partial charge in [-0.25, -0.2) is 0 Å². The molecule has 1 atom stereocenters. The van der Waals surface area contributed by atoms with E-state index in [1.54, 1.807) is 11.3 Å². The first-order chi connectivity index (χ1) is 9.34. The van der Waals surface area contributed by atoms with E-state index in [4.69, 9.17) is 0 Å². The van der Waals surface area contributed by atoms with Gasteiger partial charge in [-0.05, 0) is 34.6 Å². The predicted octanol–water partition coefficient (Wildman–Crippen LogP) is 3.51. The summed E-state index contributed by atoms with van der Waals surface area (Å²) in [5.74, 6) is 0.163. The normalized spacial score (nSPS) is 21.1. The Bertz CT molecular complexity index is 685. The molecule has 0 saturated carbocycles. The van der Waals surface area contributed by atoms with Crippen molar-refractivity contribution < 1.29 is 4.79 Å². The number of rotatable bonds is 1. The van der Waals surface area contributed by atoms with Crippen molar-refractivity contribution in [3.05, 3.63) is 63.4 Å². The van der Waals surface area contributed by atoms with Gasteiger partial charge in [0.1, 0.15) is 0 Å². The molecule has 2 aliphatic rings. The van der Waals surface area contributed by atoms with E-state index in [1.165, 1.54) is 27.2 Å². The van der Waals surface area contributed by atoms with Gasteiger partial charge in [-0.2, -0.15) is 0 Å². The van der Waals surface area contributed by atoms with Gasteiger partial charge >= 0.3 is 0 Å². The summed E-state index contributed by atoms with van der Waals surface area (Å²) in [6.45, 7) is 0. The summed E-state index contributed by atoms with van der Waals surface area (Å²) < 4.78 is 0. The minimum absolute atomic E-state index is 0.0922. The molecule has 2 nitrogen and oxygen atoms in total. The summed E-state index contributed by atoms with van der Waals surface area (Å²) in [6.07, 6.45) is 1.48. The fraction of sp³-hybridized carbons (Fsp3) is 0.188. The zero-order valence-corrected chi connectivity index (χ0v) is 11.2. The molecule has 2 aromatic rings. The fourth-order valence-corrected chi connectivity index (χ4v) is 3.93. The molecule has 1 aliphatic carbocycles. The lowest BCUT2D eigenvalue weighted by Gasteiger charge is -2.23. The summed E-state index contributed by atoms with van der Waals surface area (Å²) in [6, 6.07) is 12.8. The Labute approximate surface area is 115 Å². The molecule has 1 fully saturated rings. The number of thiophene rings is 1. The lowest BCUT2D eigenvalue weighted by molar-refractivity contribution is -0.122.